The number of nitrogens with zero attached hydrogens (tertiary/aromatic N) is 1. The largest absolute Gasteiger partial charge is 0.329 e. The fourth-order valence-corrected chi connectivity index (χ4v) is 2.99. The Bertz CT molecular complexity index is 411. The van der Waals surface area contributed by atoms with Gasteiger partial charge in [-0.15, -0.1) is 0 Å². The average molecular weight is 260 g/mol. The van der Waals surface area contributed by atoms with Gasteiger partial charge in [-0.2, -0.15) is 0 Å². The molecule has 2 rings (SSSR count). The van der Waals surface area contributed by atoms with Crippen molar-refractivity contribution >= 4 is 0 Å². The van der Waals surface area contributed by atoms with Gasteiger partial charge in [0.05, 0.1) is 0 Å². The second-order valence-corrected chi connectivity index (χ2v) is 6.55. The van der Waals surface area contributed by atoms with E-state index in [0.717, 1.165) is 19.0 Å². The van der Waals surface area contributed by atoms with Crippen LogP contribution in [0.25, 0.3) is 0 Å². The summed E-state index contributed by atoms with van der Waals surface area (Å²) in [7, 11) is 2.22. The maximum absolute atomic E-state index is 6.08. The van der Waals surface area contributed by atoms with Gasteiger partial charge in [-0.25, -0.2) is 0 Å². The van der Waals surface area contributed by atoms with Gasteiger partial charge in [-0.3, -0.25) is 4.90 Å². The minimum absolute atomic E-state index is 0.134. The summed E-state index contributed by atoms with van der Waals surface area (Å²) in [5.74, 6) is 0.897. The van der Waals surface area contributed by atoms with Crippen molar-refractivity contribution in [3.8, 4) is 0 Å². The molecular weight excluding hydrogens is 232 g/mol. The lowest BCUT2D eigenvalue weighted by molar-refractivity contribution is 0.0856. The van der Waals surface area contributed by atoms with Gasteiger partial charge < -0.3 is 5.73 Å². The van der Waals surface area contributed by atoms with Crippen molar-refractivity contribution in [1.29, 1.82) is 0 Å². The highest BCUT2D eigenvalue weighted by atomic mass is 15.2. The molecule has 1 aromatic carbocycles. The smallest absolute Gasteiger partial charge is 0.0306 e. The fourth-order valence-electron chi connectivity index (χ4n) is 2.99. The molecule has 0 amide bonds. The highest BCUT2D eigenvalue weighted by Gasteiger charge is 2.33. The zero-order valence-electron chi connectivity index (χ0n) is 12.7. The molecule has 1 aromatic rings. The molecule has 0 aliphatic heterocycles. The third-order valence-electron chi connectivity index (χ3n) is 4.82. The molecule has 0 saturated heterocycles. The first kappa shape index (κ1) is 14.5. The Balaban J connectivity index is 2.00. The van der Waals surface area contributed by atoms with Crippen LogP contribution in [0.3, 0.4) is 0 Å². The molecule has 0 bridgehead atoms. The Labute approximate surface area is 118 Å². The zero-order chi connectivity index (χ0) is 13.9. The van der Waals surface area contributed by atoms with Crippen molar-refractivity contribution in [2.24, 2.45) is 11.7 Å². The van der Waals surface area contributed by atoms with Gasteiger partial charge in [-0.05, 0) is 38.8 Å². The first-order chi connectivity index (χ1) is 9.03. The lowest BCUT2D eigenvalue weighted by atomic mass is 9.76. The van der Waals surface area contributed by atoms with E-state index in [1.165, 1.54) is 36.8 Å². The third kappa shape index (κ3) is 3.58. The lowest BCUT2D eigenvalue weighted by Crippen LogP contribution is -2.51. The van der Waals surface area contributed by atoms with Crippen molar-refractivity contribution in [2.75, 3.05) is 13.6 Å². The predicted molar refractivity (Wildman–Crippen MR) is 82.1 cm³/mol. The predicted octanol–water partition coefficient (Wildman–Crippen LogP) is 3.33. The van der Waals surface area contributed by atoms with E-state index in [0.29, 0.717) is 0 Å². The van der Waals surface area contributed by atoms with Crippen LogP contribution < -0.4 is 5.73 Å². The molecule has 0 radical (unpaired) electrons. The van der Waals surface area contributed by atoms with Gasteiger partial charge in [-0.1, -0.05) is 49.1 Å². The van der Waals surface area contributed by atoms with Gasteiger partial charge in [0, 0.05) is 18.6 Å². The van der Waals surface area contributed by atoms with E-state index in [1.54, 1.807) is 0 Å². The van der Waals surface area contributed by atoms with Crippen molar-refractivity contribution in [3.05, 3.63) is 35.4 Å². The molecule has 2 heteroatoms. The van der Waals surface area contributed by atoms with Crippen LogP contribution >= 0.6 is 0 Å². The molecule has 1 aliphatic rings. The normalized spacial score (nSPS) is 19.2. The summed E-state index contributed by atoms with van der Waals surface area (Å²) >= 11 is 0. The number of benzene rings is 1. The van der Waals surface area contributed by atoms with Crippen molar-refractivity contribution in [2.45, 2.75) is 51.6 Å². The average Bonchev–Trinajstić information content (AvgIpc) is 2.33. The Morgan fingerprint density at radius 3 is 2.63 bits per heavy atom. The van der Waals surface area contributed by atoms with Gasteiger partial charge in [0.15, 0.2) is 0 Å². The van der Waals surface area contributed by atoms with Crippen LogP contribution in [0.5, 0.6) is 0 Å². The van der Waals surface area contributed by atoms with E-state index in [2.05, 4.69) is 50.1 Å². The summed E-state index contributed by atoms with van der Waals surface area (Å²) in [6.45, 7) is 6.20. The molecule has 19 heavy (non-hydrogen) atoms. The van der Waals surface area contributed by atoms with Crippen molar-refractivity contribution in [3.63, 3.8) is 0 Å². The fraction of sp³-hybridized carbons (Fsp3) is 0.647. The van der Waals surface area contributed by atoms with Gasteiger partial charge in [0.25, 0.3) is 0 Å². The first-order valence-electron chi connectivity index (χ1n) is 7.50. The van der Waals surface area contributed by atoms with E-state index >= 15 is 0 Å². The molecule has 1 unspecified atom stereocenters. The molecule has 106 valence electrons. The summed E-state index contributed by atoms with van der Waals surface area (Å²) in [5.41, 5.74) is 8.93. The van der Waals surface area contributed by atoms with E-state index in [9.17, 15) is 0 Å². The monoisotopic (exact) mass is 260 g/mol. The number of hydrogen-bond donors (Lipinski definition) is 1. The Morgan fingerprint density at radius 2 is 2.11 bits per heavy atom. The van der Waals surface area contributed by atoms with Gasteiger partial charge in [0.1, 0.15) is 0 Å². The summed E-state index contributed by atoms with van der Waals surface area (Å²) in [6.07, 6.45) is 5.44. The minimum Gasteiger partial charge on any atom is -0.329 e. The van der Waals surface area contributed by atoms with Crippen LogP contribution in [0.4, 0.5) is 0 Å². The first-order valence-corrected chi connectivity index (χ1v) is 7.50. The number of nitrogens with two attached hydrogens (primary N) is 1. The van der Waals surface area contributed by atoms with E-state index in [4.69, 9.17) is 5.73 Å². The maximum atomic E-state index is 6.08. The van der Waals surface area contributed by atoms with Gasteiger partial charge >= 0.3 is 0 Å². The topological polar surface area (TPSA) is 29.3 Å². The summed E-state index contributed by atoms with van der Waals surface area (Å²) in [4.78, 5) is 2.44. The number of hydrogen-bond acceptors (Lipinski definition) is 2. The third-order valence-corrected chi connectivity index (χ3v) is 4.82. The van der Waals surface area contributed by atoms with E-state index in [1.807, 2.05) is 0 Å². The summed E-state index contributed by atoms with van der Waals surface area (Å²) < 4.78 is 0. The molecule has 1 saturated carbocycles. The molecule has 1 aliphatic carbocycles. The second-order valence-electron chi connectivity index (χ2n) is 6.55. The molecule has 0 aromatic heterocycles. The number of rotatable bonds is 6. The molecular formula is C17H28N2. The highest BCUT2D eigenvalue weighted by molar-refractivity contribution is 5.22. The van der Waals surface area contributed by atoms with Crippen molar-refractivity contribution in [1.82, 2.24) is 4.90 Å². The van der Waals surface area contributed by atoms with Gasteiger partial charge in [0.2, 0.25) is 0 Å². The van der Waals surface area contributed by atoms with Crippen LogP contribution in [0.15, 0.2) is 24.3 Å². The summed E-state index contributed by atoms with van der Waals surface area (Å²) in [5, 5.41) is 0. The van der Waals surface area contributed by atoms with Crippen LogP contribution in [0.1, 0.15) is 43.7 Å². The molecule has 0 spiro atoms. The van der Waals surface area contributed by atoms with Crippen LogP contribution in [-0.2, 0) is 6.54 Å². The Morgan fingerprint density at radius 1 is 1.37 bits per heavy atom. The minimum atomic E-state index is 0.134. The zero-order valence-corrected chi connectivity index (χ0v) is 12.7. The Hall–Kier alpha value is -0.860. The second kappa shape index (κ2) is 6.06. The van der Waals surface area contributed by atoms with Crippen LogP contribution in [-0.4, -0.2) is 24.0 Å². The van der Waals surface area contributed by atoms with E-state index < -0.39 is 0 Å². The number of aryl methyl sites for hydroxylation is 1. The molecule has 1 atom stereocenters. The van der Waals surface area contributed by atoms with Crippen LogP contribution in [0, 0.1) is 12.8 Å². The highest BCUT2D eigenvalue weighted by Crippen LogP contribution is 2.35. The maximum Gasteiger partial charge on any atom is 0.0306 e. The standard InChI is InChI=1S/C17H28N2/c1-14-6-4-9-16(10-14)12-19(3)17(2,13-18)11-15-7-5-8-15/h4,6,9-10,15H,5,7-8,11-13,18H2,1-3H3. The van der Waals surface area contributed by atoms with E-state index in [-0.39, 0.29) is 5.54 Å². The SMILES string of the molecule is Cc1cccc(CN(C)C(C)(CN)CC2CCC2)c1. The number of likely N-dealkylation sites (N-methyl/N-ethyl adjacent to an activating group) is 1. The molecule has 0 heterocycles. The molecule has 2 nitrogen and oxygen atoms in total. The summed E-state index contributed by atoms with van der Waals surface area (Å²) in [6, 6.07) is 8.78. The quantitative estimate of drug-likeness (QED) is 0.850. The molecule has 1 fully saturated rings. The Kier molecular flexibility index (Phi) is 4.64. The van der Waals surface area contributed by atoms with Crippen molar-refractivity contribution < 1.29 is 0 Å². The molecule has 2 N–H and O–H groups in total. The lowest BCUT2D eigenvalue weighted by Gasteiger charge is -2.42. The van der Waals surface area contributed by atoms with Crippen LogP contribution in [0.2, 0.25) is 0 Å².